The molecule has 0 amide bonds. The number of imidazole rings is 1. The second-order valence-electron chi connectivity index (χ2n) is 5.08. The van der Waals surface area contributed by atoms with Gasteiger partial charge in [-0.2, -0.15) is 0 Å². The summed E-state index contributed by atoms with van der Waals surface area (Å²) in [4.78, 5) is 10.6. The second-order valence-corrected chi connectivity index (χ2v) is 5.08. The lowest BCUT2D eigenvalue weighted by Crippen LogP contribution is -2.35. The second kappa shape index (κ2) is 8.12. The first-order valence-corrected chi connectivity index (χ1v) is 7.46. The zero-order valence-electron chi connectivity index (χ0n) is 13.1. The Bertz CT molecular complexity index is 500. The van der Waals surface area contributed by atoms with E-state index in [1.165, 1.54) is 0 Å². The van der Waals surface area contributed by atoms with E-state index in [4.69, 9.17) is 14.5 Å². The molecule has 1 N–H and O–H groups in total. The Morgan fingerprint density at radius 1 is 1.14 bits per heavy atom. The molecule has 5 heteroatoms. The van der Waals surface area contributed by atoms with E-state index in [2.05, 4.69) is 22.9 Å². The number of hydrogen-bond acceptors (Lipinski definition) is 4. The van der Waals surface area contributed by atoms with Gasteiger partial charge in [0.1, 0.15) is 5.82 Å². The number of methoxy groups -OCH3 is 2. The topological polar surface area (TPSA) is 50.4 Å². The highest BCUT2D eigenvalue weighted by molar-refractivity contribution is 5.74. The molecule has 2 aromatic rings. The van der Waals surface area contributed by atoms with E-state index >= 15 is 0 Å². The lowest BCUT2D eigenvalue weighted by Gasteiger charge is -2.29. The van der Waals surface area contributed by atoms with E-state index in [0.717, 1.165) is 36.4 Å². The molecule has 0 aliphatic heterocycles. The van der Waals surface area contributed by atoms with Gasteiger partial charge >= 0.3 is 0 Å². The van der Waals surface area contributed by atoms with Crippen LogP contribution in [0.3, 0.4) is 0 Å². The normalized spacial score (nSPS) is 13.1. The van der Waals surface area contributed by atoms with Crippen molar-refractivity contribution in [2.75, 3.05) is 40.5 Å². The van der Waals surface area contributed by atoms with Gasteiger partial charge in [0.05, 0.1) is 30.3 Å². The van der Waals surface area contributed by atoms with Crippen molar-refractivity contribution in [1.82, 2.24) is 14.9 Å². The molecule has 2 rings (SSSR count). The minimum atomic E-state index is 0.252. The molecule has 0 bridgehead atoms. The van der Waals surface area contributed by atoms with Crippen molar-refractivity contribution in [3.63, 3.8) is 0 Å². The molecule has 1 aromatic heterocycles. The summed E-state index contributed by atoms with van der Waals surface area (Å²) < 4.78 is 10.5. The first-order valence-electron chi connectivity index (χ1n) is 7.46. The van der Waals surface area contributed by atoms with Crippen LogP contribution < -0.4 is 0 Å². The molecule has 1 atom stereocenters. The van der Waals surface area contributed by atoms with Crippen LogP contribution in [0.5, 0.6) is 0 Å². The molecule has 0 aliphatic rings. The monoisotopic (exact) mass is 291 g/mol. The van der Waals surface area contributed by atoms with Crippen LogP contribution in [0, 0.1) is 0 Å². The Labute approximate surface area is 126 Å². The van der Waals surface area contributed by atoms with Gasteiger partial charge in [0.15, 0.2) is 0 Å². The summed E-state index contributed by atoms with van der Waals surface area (Å²) in [5, 5.41) is 0. The molecule has 0 aliphatic carbocycles. The highest BCUT2D eigenvalue weighted by Crippen LogP contribution is 2.24. The third-order valence-corrected chi connectivity index (χ3v) is 3.72. The summed E-state index contributed by atoms with van der Waals surface area (Å²) >= 11 is 0. The van der Waals surface area contributed by atoms with Crippen LogP contribution in [0.15, 0.2) is 24.3 Å². The number of aromatic nitrogens is 2. The van der Waals surface area contributed by atoms with Crippen LogP contribution in [0.4, 0.5) is 0 Å². The summed E-state index contributed by atoms with van der Waals surface area (Å²) in [5.74, 6) is 1.02. The molecule has 1 unspecified atom stereocenters. The maximum Gasteiger partial charge on any atom is 0.124 e. The number of nitrogens with one attached hydrogen (secondary N) is 1. The first-order chi connectivity index (χ1) is 10.3. The number of para-hydroxylation sites is 2. The molecule has 21 heavy (non-hydrogen) atoms. The van der Waals surface area contributed by atoms with Crippen LogP contribution >= 0.6 is 0 Å². The zero-order valence-corrected chi connectivity index (χ0v) is 13.1. The number of hydrogen-bond donors (Lipinski definition) is 1. The SMILES string of the molecule is CCC(c1nc2ccccc2[nH]1)N(CCOC)CCOC. The highest BCUT2D eigenvalue weighted by atomic mass is 16.5. The van der Waals surface area contributed by atoms with Crippen LogP contribution in [0.25, 0.3) is 11.0 Å². The van der Waals surface area contributed by atoms with Gasteiger partial charge in [0.2, 0.25) is 0 Å². The van der Waals surface area contributed by atoms with Crippen LogP contribution in [-0.2, 0) is 9.47 Å². The van der Waals surface area contributed by atoms with Crippen molar-refractivity contribution in [3.8, 4) is 0 Å². The predicted octanol–water partition coefficient (Wildman–Crippen LogP) is 2.61. The minimum Gasteiger partial charge on any atom is -0.383 e. The van der Waals surface area contributed by atoms with Gasteiger partial charge in [0.25, 0.3) is 0 Å². The molecular formula is C16H25N3O2. The molecule has 0 spiro atoms. The van der Waals surface area contributed by atoms with E-state index < -0.39 is 0 Å². The maximum absolute atomic E-state index is 5.23. The average Bonchev–Trinajstić information content (AvgIpc) is 2.93. The van der Waals surface area contributed by atoms with E-state index in [0.29, 0.717) is 13.2 Å². The van der Waals surface area contributed by atoms with Crippen molar-refractivity contribution in [2.24, 2.45) is 0 Å². The summed E-state index contributed by atoms with van der Waals surface area (Å²) in [6.45, 7) is 5.34. The van der Waals surface area contributed by atoms with E-state index in [1.54, 1.807) is 14.2 Å². The van der Waals surface area contributed by atoms with Crippen LogP contribution in [-0.4, -0.2) is 55.4 Å². The van der Waals surface area contributed by atoms with Crippen LogP contribution in [0.1, 0.15) is 25.2 Å². The molecular weight excluding hydrogens is 266 g/mol. The Morgan fingerprint density at radius 2 is 1.81 bits per heavy atom. The summed E-state index contributed by atoms with van der Waals surface area (Å²) in [6, 6.07) is 8.40. The number of aromatic amines is 1. The smallest absolute Gasteiger partial charge is 0.124 e. The van der Waals surface area contributed by atoms with Crippen molar-refractivity contribution in [1.29, 1.82) is 0 Å². The zero-order chi connectivity index (χ0) is 15.1. The van der Waals surface area contributed by atoms with Gasteiger partial charge < -0.3 is 14.5 Å². The molecule has 1 aromatic carbocycles. The van der Waals surface area contributed by atoms with E-state index in [-0.39, 0.29) is 6.04 Å². The number of rotatable bonds is 9. The third-order valence-electron chi connectivity index (χ3n) is 3.72. The van der Waals surface area contributed by atoms with Crippen LogP contribution in [0.2, 0.25) is 0 Å². The largest absolute Gasteiger partial charge is 0.383 e. The van der Waals surface area contributed by atoms with E-state index in [9.17, 15) is 0 Å². The summed E-state index contributed by atoms with van der Waals surface area (Å²) in [5.41, 5.74) is 2.11. The van der Waals surface area contributed by atoms with Crippen molar-refractivity contribution >= 4 is 11.0 Å². The lowest BCUT2D eigenvalue weighted by atomic mass is 10.1. The first kappa shape index (κ1) is 15.9. The quantitative estimate of drug-likeness (QED) is 0.771. The highest BCUT2D eigenvalue weighted by Gasteiger charge is 2.21. The molecule has 0 saturated carbocycles. The molecule has 0 saturated heterocycles. The average molecular weight is 291 g/mol. The van der Waals surface area contributed by atoms with Gasteiger partial charge in [-0.1, -0.05) is 19.1 Å². The predicted molar refractivity (Wildman–Crippen MR) is 84.5 cm³/mol. The number of H-pyrrole nitrogens is 1. The molecule has 0 fully saturated rings. The standard InChI is InChI=1S/C16H25N3O2/c1-4-15(19(9-11-20-2)10-12-21-3)16-17-13-7-5-6-8-14(13)18-16/h5-8,15H,4,9-12H2,1-3H3,(H,17,18). The molecule has 1 heterocycles. The summed E-state index contributed by atoms with van der Waals surface area (Å²) in [7, 11) is 3.47. The van der Waals surface area contributed by atoms with Gasteiger partial charge in [-0.15, -0.1) is 0 Å². The van der Waals surface area contributed by atoms with Gasteiger partial charge in [-0.3, -0.25) is 4.90 Å². The maximum atomic E-state index is 5.23. The van der Waals surface area contributed by atoms with E-state index in [1.807, 2.05) is 18.2 Å². The Balaban J connectivity index is 2.20. The third kappa shape index (κ3) is 4.03. The minimum absolute atomic E-state index is 0.252. The molecule has 5 nitrogen and oxygen atoms in total. The lowest BCUT2D eigenvalue weighted by molar-refractivity contribution is 0.0832. The fraction of sp³-hybridized carbons (Fsp3) is 0.562. The Morgan fingerprint density at radius 3 is 2.38 bits per heavy atom. The number of benzene rings is 1. The van der Waals surface area contributed by atoms with Crippen molar-refractivity contribution < 1.29 is 9.47 Å². The molecule has 116 valence electrons. The van der Waals surface area contributed by atoms with Gasteiger partial charge in [-0.05, 0) is 18.6 Å². The summed E-state index contributed by atoms with van der Waals surface area (Å²) in [6.07, 6.45) is 0.993. The Hall–Kier alpha value is -1.43. The fourth-order valence-electron chi connectivity index (χ4n) is 2.60. The number of ether oxygens (including phenoxy) is 2. The fourth-order valence-corrected chi connectivity index (χ4v) is 2.60. The van der Waals surface area contributed by atoms with Crippen molar-refractivity contribution in [2.45, 2.75) is 19.4 Å². The number of fused-ring (bicyclic) bond motifs is 1. The molecule has 0 radical (unpaired) electrons. The van der Waals surface area contributed by atoms with Gasteiger partial charge in [-0.25, -0.2) is 4.98 Å². The van der Waals surface area contributed by atoms with Gasteiger partial charge in [0, 0.05) is 27.3 Å². The number of nitrogens with zero attached hydrogens (tertiary/aromatic N) is 2. The Kier molecular flexibility index (Phi) is 6.17. The van der Waals surface area contributed by atoms with Crippen molar-refractivity contribution in [3.05, 3.63) is 30.1 Å².